The minimum Gasteiger partial charge on any atom is -0.465 e. The molecule has 1 aromatic rings. The molecular weight excluding hydrogens is 308 g/mol. The van der Waals surface area contributed by atoms with Gasteiger partial charge in [-0.2, -0.15) is 0 Å². The van der Waals surface area contributed by atoms with E-state index in [-0.39, 0.29) is 36.1 Å². The van der Waals surface area contributed by atoms with Crippen molar-refractivity contribution in [2.75, 3.05) is 17.7 Å². The van der Waals surface area contributed by atoms with Gasteiger partial charge in [-0.05, 0) is 24.6 Å². The molecule has 8 heteroatoms. The lowest BCUT2D eigenvalue weighted by molar-refractivity contribution is -0.140. The zero-order valence-electron chi connectivity index (χ0n) is 12.6. The molecule has 0 unspecified atom stereocenters. The summed E-state index contributed by atoms with van der Waals surface area (Å²) in [6.07, 6.45) is 0.199. The maximum Gasteiger partial charge on any atom is 0.321 e. The van der Waals surface area contributed by atoms with E-state index in [1.807, 2.05) is 0 Å². The van der Waals surface area contributed by atoms with E-state index >= 15 is 0 Å². The van der Waals surface area contributed by atoms with Crippen LogP contribution < -0.4 is 11.1 Å². The predicted octanol–water partition coefficient (Wildman–Crippen LogP) is 0.831. The van der Waals surface area contributed by atoms with Crippen LogP contribution in [0.4, 0.5) is 5.69 Å². The Morgan fingerprint density at radius 2 is 1.95 bits per heavy atom. The van der Waals surface area contributed by atoms with Crippen LogP contribution in [0.5, 0.6) is 0 Å². The summed E-state index contributed by atoms with van der Waals surface area (Å²) in [5.74, 6) is -1.95. The van der Waals surface area contributed by atoms with E-state index in [1.165, 1.54) is 12.1 Å². The molecule has 0 heterocycles. The van der Waals surface area contributed by atoms with Crippen LogP contribution in [0.15, 0.2) is 23.1 Å². The first kappa shape index (κ1) is 18.1. The molecule has 22 heavy (non-hydrogen) atoms. The molecule has 0 aliphatic heterocycles. The van der Waals surface area contributed by atoms with E-state index in [0.717, 1.165) is 0 Å². The van der Waals surface area contributed by atoms with Gasteiger partial charge in [-0.15, -0.1) is 0 Å². The van der Waals surface area contributed by atoms with Crippen molar-refractivity contribution < 1.29 is 22.7 Å². The highest BCUT2D eigenvalue weighted by Crippen LogP contribution is 2.24. The maximum atomic E-state index is 12.3. The number of nitrogens with one attached hydrogen (secondary N) is 1. The fraction of sp³-hybridized carbons (Fsp3) is 0.429. The van der Waals surface area contributed by atoms with Gasteiger partial charge in [-0.25, -0.2) is 8.42 Å². The number of hydrogen-bond acceptors (Lipinski definition) is 6. The van der Waals surface area contributed by atoms with Gasteiger partial charge >= 0.3 is 5.97 Å². The number of carbonyl (C=O) groups is 2. The average molecular weight is 328 g/mol. The Balaban J connectivity index is 3.21. The van der Waals surface area contributed by atoms with Gasteiger partial charge in [0.25, 0.3) is 0 Å². The Bertz CT molecular complexity index is 655. The number of carbonyl (C=O) groups excluding carboxylic acids is 2. The first-order valence-corrected chi connectivity index (χ1v) is 8.50. The standard InChI is InChI=1S/C14H20N2O5S/c1-3-13(17)16-11-7-10(8-15)5-6-12(11)22(19,20)9-14(18)21-4-2/h5-7H,3-4,8-9,15H2,1-2H3,(H,16,17). The van der Waals surface area contributed by atoms with Crippen molar-refractivity contribution in [2.45, 2.75) is 31.7 Å². The summed E-state index contributed by atoms with van der Waals surface area (Å²) in [6.45, 7) is 3.54. The zero-order chi connectivity index (χ0) is 16.8. The lowest BCUT2D eigenvalue weighted by Gasteiger charge is -2.12. The van der Waals surface area contributed by atoms with Crippen LogP contribution in [-0.4, -0.2) is 32.7 Å². The number of ether oxygens (including phenoxy) is 1. The van der Waals surface area contributed by atoms with Crippen LogP contribution in [0.25, 0.3) is 0 Å². The number of anilines is 1. The predicted molar refractivity (Wildman–Crippen MR) is 81.9 cm³/mol. The molecule has 0 aliphatic rings. The molecule has 1 aromatic carbocycles. The van der Waals surface area contributed by atoms with Crippen LogP contribution >= 0.6 is 0 Å². The SMILES string of the molecule is CCOC(=O)CS(=O)(=O)c1ccc(CN)cc1NC(=O)CC. The maximum absolute atomic E-state index is 12.3. The molecule has 0 radical (unpaired) electrons. The summed E-state index contributed by atoms with van der Waals surface area (Å²) < 4.78 is 29.3. The van der Waals surface area contributed by atoms with Crippen LogP contribution in [-0.2, 0) is 30.7 Å². The Morgan fingerprint density at radius 1 is 1.27 bits per heavy atom. The third kappa shape index (κ3) is 4.81. The molecule has 1 amide bonds. The summed E-state index contributed by atoms with van der Waals surface area (Å²) in [6, 6.07) is 4.37. The van der Waals surface area contributed by atoms with E-state index in [9.17, 15) is 18.0 Å². The van der Waals surface area contributed by atoms with Gasteiger partial charge in [-0.3, -0.25) is 9.59 Å². The first-order chi connectivity index (χ1) is 10.3. The lowest BCUT2D eigenvalue weighted by atomic mass is 10.2. The number of sulfone groups is 1. The Kier molecular flexibility index (Phi) is 6.51. The van der Waals surface area contributed by atoms with E-state index in [0.29, 0.717) is 5.56 Å². The molecule has 0 bridgehead atoms. The second-order valence-electron chi connectivity index (χ2n) is 4.50. The van der Waals surface area contributed by atoms with Gasteiger partial charge in [0.15, 0.2) is 15.6 Å². The summed E-state index contributed by atoms with van der Waals surface area (Å²) in [5, 5.41) is 2.52. The van der Waals surface area contributed by atoms with Crippen molar-refractivity contribution in [1.82, 2.24) is 0 Å². The number of esters is 1. The Morgan fingerprint density at radius 3 is 2.50 bits per heavy atom. The summed E-state index contributed by atoms with van der Waals surface area (Å²) >= 11 is 0. The number of amides is 1. The summed E-state index contributed by atoms with van der Waals surface area (Å²) in [4.78, 5) is 22.9. The smallest absolute Gasteiger partial charge is 0.321 e. The third-order valence-electron chi connectivity index (χ3n) is 2.82. The minimum atomic E-state index is -3.92. The quantitative estimate of drug-likeness (QED) is 0.716. The summed E-state index contributed by atoms with van der Waals surface area (Å²) in [5.41, 5.74) is 6.32. The molecule has 122 valence electrons. The van der Waals surface area contributed by atoms with E-state index in [2.05, 4.69) is 10.1 Å². The molecule has 0 spiro atoms. The van der Waals surface area contributed by atoms with E-state index in [4.69, 9.17) is 5.73 Å². The van der Waals surface area contributed by atoms with Crippen molar-refractivity contribution in [1.29, 1.82) is 0 Å². The third-order valence-corrected chi connectivity index (χ3v) is 4.46. The Hall–Kier alpha value is -1.93. The van der Waals surface area contributed by atoms with E-state index < -0.39 is 21.6 Å². The van der Waals surface area contributed by atoms with Crippen molar-refractivity contribution in [3.8, 4) is 0 Å². The fourth-order valence-electron chi connectivity index (χ4n) is 1.75. The lowest BCUT2D eigenvalue weighted by Crippen LogP contribution is -2.21. The highest BCUT2D eigenvalue weighted by molar-refractivity contribution is 7.92. The molecule has 0 saturated heterocycles. The molecule has 0 aromatic heterocycles. The van der Waals surface area contributed by atoms with Gasteiger partial charge in [-0.1, -0.05) is 13.0 Å². The highest BCUT2D eigenvalue weighted by Gasteiger charge is 2.24. The number of benzene rings is 1. The monoisotopic (exact) mass is 328 g/mol. The summed E-state index contributed by atoms with van der Waals surface area (Å²) in [7, 11) is -3.92. The normalized spacial score (nSPS) is 11.0. The molecule has 3 N–H and O–H groups in total. The number of nitrogens with two attached hydrogens (primary N) is 1. The van der Waals surface area contributed by atoms with Gasteiger partial charge in [0.05, 0.1) is 17.2 Å². The molecule has 0 atom stereocenters. The zero-order valence-corrected chi connectivity index (χ0v) is 13.4. The molecule has 0 saturated carbocycles. The van der Waals surface area contributed by atoms with Gasteiger partial charge in [0.2, 0.25) is 5.91 Å². The van der Waals surface area contributed by atoms with E-state index in [1.54, 1.807) is 19.9 Å². The van der Waals surface area contributed by atoms with Gasteiger partial charge in [0.1, 0.15) is 0 Å². The molecule has 1 rings (SSSR count). The van der Waals surface area contributed by atoms with Crippen LogP contribution in [0.1, 0.15) is 25.8 Å². The Labute approximate surface area is 129 Å². The van der Waals surface area contributed by atoms with Crippen molar-refractivity contribution in [3.63, 3.8) is 0 Å². The first-order valence-electron chi connectivity index (χ1n) is 6.85. The molecular formula is C14H20N2O5S. The van der Waals surface area contributed by atoms with Gasteiger partial charge in [0, 0.05) is 13.0 Å². The second kappa shape index (κ2) is 7.90. The van der Waals surface area contributed by atoms with Crippen molar-refractivity contribution in [3.05, 3.63) is 23.8 Å². The minimum absolute atomic E-state index is 0.0971. The fourth-order valence-corrected chi connectivity index (χ4v) is 3.02. The van der Waals surface area contributed by atoms with Crippen molar-refractivity contribution in [2.24, 2.45) is 5.73 Å². The number of hydrogen-bond donors (Lipinski definition) is 2. The number of rotatable bonds is 7. The van der Waals surface area contributed by atoms with Crippen LogP contribution in [0.2, 0.25) is 0 Å². The highest BCUT2D eigenvalue weighted by atomic mass is 32.2. The average Bonchev–Trinajstić information content (AvgIpc) is 2.46. The van der Waals surface area contributed by atoms with Crippen LogP contribution in [0.3, 0.4) is 0 Å². The molecule has 0 aliphatic carbocycles. The molecule has 0 fully saturated rings. The molecule has 7 nitrogen and oxygen atoms in total. The van der Waals surface area contributed by atoms with Crippen molar-refractivity contribution >= 4 is 27.4 Å². The largest absolute Gasteiger partial charge is 0.465 e. The topological polar surface area (TPSA) is 116 Å². The van der Waals surface area contributed by atoms with Gasteiger partial charge < -0.3 is 15.8 Å². The van der Waals surface area contributed by atoms with Crippen LogP contribution in [0, 0.1) is 0 Å². The second-order valence-corrected chi connectivity index (χ2v) is 6.46.